The van der Waals surface area contributed by atoms with Crippen molar-refractivity contribution in [1.29, 1.82) is 0 Å². The third-order valence-corrected chi connectivity index (χ3v) is 2.28. The Labute approximate surface area is 92.5 Å². The van der Waals surface area contributed by atoms with Gasteiger partial charge < -0.3 is 4.74 Å². The lowest BCUT2D eigenvalue weighted by Gasteiger charge is -2.02. The van der Waals surface area contributed by atoms with Crippen molar-refractivity contribution in [2.24, 2.45) is 0 Å². The van der Waals surface area contributed by atoms with Gasteiger partial charge in [-0.25, -0.2) is 9.37 Å². The van der Waals surface area contributed by atoms with Crippen LogP contribution in [0.25, 0.3) is 11.4 Å². The molecule has 0 amide bonds. The molecule has 0 unspecified atom stereocenters. The minimum absolute atomic E-state index is 0.218. The topological polar surface area (TPSA) is 50.8 Å². The van der Waals surface area contributed by atoms with E-state index >= 15 is 0 Å². The molecule has 0 aliphatic carbocycles. The highest BCUT2D eigenvalue weighted by molar-refractivity contribution is 5.56. The van der Waals surface area contributed by atoms with Crippen molar-refractivity contribution in [1.82, 2.24) is 15.2 Å². The van der Waals surface area contributed by atoms with Gasteiger partial charge in [0, 0.05) is 12.0 Å². The van der Waals surface area contributed by atoms with Crippen LogP contribution in [0, 0.1) is 5.82 Å². The molecule has 0 atom stereocenters. The summed E-state index contributed by atoms with van der Waals surface area (Å²) in [5.74, 6) is 1.09. The number of hydrogen-bond donors (Lipinski definition) is 1. The van der Waals surface area contributed by atoms with Crippen molar-refractivity contribution in [3.05, 3.63) is 29.8 Å². The fourth-order valence-corrected chi connectivity index (χ4v) is 1.39. The van der Waals surface area contributed by atoms with Crippen LogP contribution < -0.4 is 4.74 Å². The monoisotopic (exact) mass is 221 g/mol. The number of hydrogen-bond acceptors (Lipinski definition) is 3. The van der Waals surface area contributed by atoms with E-state index < -0.39 is 5.82 Å². The molecule has 0 saturated heterocycles. The molecule has 0 radical (unpaired) electrons. The van der Waals surface area contributed by atoms with E-state index in [1.54, 1.807) is 12.1 Å². The number of aromatic nitrogens is 3. The lowest BCUT2D eigenvalue weighted by atomic mass is 10.2. The highest BCUT2D eigenvalue weighted by Gasteiger charge is 2.08. The minimum Gasteiger partial charge on any atom is -0.494 e. The fourth-order valence-electron chi connectivity index (χ4n) is 1.39. The maximum Gasteiger partial charge on any atom is 0.181 e. The molecule has 1 heterocycles. The largest absolute Gasteiger partial charge is 0.494 e. The second kappa shape index (κ2) is 4.30. The lowest BCUT2D eigenvalue weighted by molar-refractivity contribution is 0.386. The third-order valence-electron chi connectivity index (χ3n) is 2.28. The number of H-pyrrole nitrogens is 1. The van der Waals surface area contributed by atoms with Gasteiger partial charge in [0.2, 0.25) is 0 Å². The van der Waals surface area contributed by atoms with Crippen LogP contribution in [-0.4, -0.2) is 22.3 Å². The van der Waals surface area contributed by atoms with Crippen LogP contribution in [0.2, 0.25) is 0 Å². The number of aryl methyl sites for hydroxylation is 1. The number of nitrogens with zero attached hydrogens (tertiary/aromatic N) is 2. The first-order chi connectivity index (χ1) is 7.74. The summed E-state index contributed by atoms with van der Waals surface area (Å²) in [6, 6.07) is 4.65. The van der Waals surface area contributed by atoms with E-state index in [2.05, 4.69) is 15.2 Å². The lowest BCUT2D eigenvalue weighted by Crippen LogP contribution is -1.89. The molecule has 5 heteroatoms. The van der Waals surface area contributed by atoms with E-state index in [1.807, 2.05) is 6.92 Å². The molecule has 0 spiro atoms. The molecule has 1 aromatic heterocycles. The van der Waals surface area contributed by atoms with E-state index in [4.69, 9.17) is 4.74 Å². The Morgan fingerprint density at radius 2 is 2.25 bits per heavy atom. The van der Waals surface area contributed by atoms with E-state index in [0.29, 0.717) is 11.4 Å². The quantitative estimate of drug-likeness (QED) is 0.864. The molecule has 0 saturated carbocycles. The molecule has 0 aliphatic heterocycles. The van der Waals surface area contributed by atoms with Crippen LogP contribution in [0.1, 0.15) is 12.7 Å². The molecular formula is C11H12FN3O. The van der Waals surface area contributed by atoms with Gasteiger partial charge in [0.25, 0.3) is 0 Å². The first kappa shape index (κ1) is 10.6. The number of aromatic amines is 1. The van der Waals surface area contributed by atoms with E-state index in [9.17, 15) is 4.39 Å². The zero-order chi connectivity index (χ0) is 11.5. The van der Waals surface area contributed by atoms with Gasteiger partial charge in [-0.05, 0) is 18.2 Å². The van der Waals surface area contributed by atoms with Gasteiger partial charge in [0.15, 0.2) is 17.4 Å². The van der Waals surface area contributed by atoms with Crippen molar-refractivity contribution in [3.63, 3.8) is 0 Å². The number of benzene rings is 1. The van der Waals surface area contributed by atoms with Crippen LogP contribution in [-0.2, 0) is 6.42 Å². The summed E-state index contributed by atoms with van der Waals surface area (Å²) in [7, 11) is 1.43. The van der Waals surface area contributed by atoms with E-state index in [0.717, 1.165) is 12.2 Å². The maximum absolute atomic E-state index is 13.4. The molecule has 1 aromatic carbocycles. The molecule has 0 bridgehead atoms. The van der Waals surface area contributed by atoms with Gasteiger partial charge in [0.1, 0.15) is 5.82 Å². The molecule has 16 heavy (non-hydrogen) atoms. The first-order valence-electron chi connectivity index (χ1n) is 4.99. The second-order valence-electron chi connectivity index (χ2n) is 3.31. The molecule has 4 nitrogen and oxygen atoms in total. The minimum atomic E-state index is -0.414. The van der Waals surface area contributed by atoms with Gasteiger partial charge in [-0.15, -0.1) is 0 Å². The average molecular weight is 221 g/mol. The summed E-state index contributed by atoms with van der Waals surface area (Å²) >= 11 is 0. The van der Waals surface area contributed by atoms with Crippen LogP contribution in [0.5, 0.6) is 5.75 Å². The molecule has 2 rings (SSSR count). The van der Waals surface area contributed by atoms with Gasteiger partial charge in [-0.2, -0.15) is 5.10 Å². The summed E-state index contributed by atoms with van der Waals surface area (Å²) in [5.41, 5.74) is 0.634. The summed E-state index contributed by atoms with van der Waals surface area (Å²) in [6.07, 6.45) is 0.769. The first-order valence-corrected chi connectivity index (χ1v) is 4.99. The second-order valence-corrected chi connectivity index (χ2v) is 3.31. The zero-order valence-corrected chi connectivity index (χ0v) is 9.12. The normalized spacial score (nSPS) is 10.4. The highest BCUT2D eigenvalue weighted by Crippen LogP contribution is 2.22. The number of ether oxygens (including phenoxy) is 1. The van der Waals surface area contributed by atoms with Crippen LogP contribution >= 0.6 is 0 Å². The van der Waals surface area contributed by atoms with Gasteiger partial charge in [-0.3, -0.25) is 5.10 Å². The summed E-state index contributed by atoms with van der Waals surface area (Å²) in [5, 5.41) is 6.80. The zero-order valence-electron chi connectivity index (χ0n) is 9.12. The average Bonchev–Trinajstić information content (AvgIpc) is 2.77. The van der Waals surface area contributed by atoms with Gasteiger partial charge >= 0.3 is 0 Å². The third kappa shape index (κ3) is 1.88. The molecule has 84 valence electrons. The van der Waals surface area contributed by atoms with E-state index in [1.165, 1.54) is 13.2 Å². The smallest absolute Gasteiger partial charge is 0.181 e. The van der Waals surface area contributed by atoms with Gasteiger partial charge in [-0.1, -0.05) is 6.92 Å². The molecule has 0 fully saturated rings. The summed E-state index contributed by atoms with van der Waals surface area (Å²) < 4.78 is 18.3. The maximum atomic E-state index is 13.4. The van der Waals surface area contributed by atoms with Gasteiger partial charge in [0.05, 0.1) is 7.11 Å². The highest BCUT2D eigenvalue weighted by atomic mass is 19.1. The van der Waals surface area contributed by atoms with E-state index in [-0.39, 0.29) is 5.75 Å². The molecule has 2 aromatic rings. The van der Waals surface area contributed by atoms with Crippen LogP contribution in [0.3, 0.4) is 0 Å². The van der Waals surface area contributed by atoms with Crippen molar-refractivity contribution < 1.29 is 9.13 Å². The molecule has 0 aliphatic rings. The predicted octanol–water partition coefficient (Wildman–Crippen LogP) is 2.18. The van der Waals surface area contributed by atoms with Crippen LogP contribution in [0.4, 0.5) is 4.39 Å². The fraction of sp³-hybridized carbons (Fsp3) is 0.273. The molecule has 1 N–H and O–H groups in total. The summed E-state index contributed by atoms with van der Waals surface area (Å²) in [6.45, 7) is 1.97. The Morgan fingerprint density at radius 3 is 2.81 bits per heavy atom. The number of methoxy groups -OCH3 is 1. The Kier molecular flexibility index (Phi) is 2.85. The van der Waals surface area contributed by atoms with Crippen LogP contribution in [0.15, 0.2) is 18.2 Å². The van der Waals surface area contributed by atoms with Crippen molar-refractivity contribution >= 4 is 0 Å². The number of rotatable bonds is 3. The van der Waals surface area contributed by atoms with Crippen molar-refractivity contribution in [3.8, 4) is 17.1 Å². The number of nitrogens with one attached hydrogen (secondary N) is 1. The number of halogens is 1. The summed E-state index contributed by atoms with van der Waals surface area (Å²) in [4.78, 5) is 4.22. The van der Waals surface area contributed by atoms with Crippen molar-refractivity contribution in [2.45, 2.75) is 13.3 Å². The SMILES string of the molecule is CCc1nc(-c2ccc(OC)c(F)c2)n[nH]1. The predicted molar refractivity (Wildman–Crippen MR) is 57.7 cm³/mol. The Hall–Kier alpha value is -1.91. The van der Waals surface area contributed by atoms with Crippen molar-refractivity contribution in [2.75, 3.05) is 7.11 Å². The molecular weight excluding hydrogens is 209 g/mol. The standard InChI is InChI=1S/C11H12FN3O/c1-3-10-13-11(15-14-10)7-4-5-9(16-2)8(12)6-7/h4-6H,3H2,1-2H3,(H,13,14,15). The Morgan fingerprint density at radius 1 is 1.44 bits per heavy atom. The Balaban J connectivity index is 2.37. The Bertz CT molecular complexity index is 496.